The molecule has 166 valence electrons. The fourth-order valence-corrected chi connectivity index (χ4v) is 5.03. The van der Waals surface area contributed by atoms with Gasteiger partial charge in [-0.3, -0.25) is 9.59 Å². The number of nitrogens with zero attached hydrogens (tertiary/aromatic N) is 3. The Hall–Kier alpha value is -2.94. The summed E-state index contributed by atoms with van der Waals surface area (Å²) in [5.74, 6) is 0.748. The number of carbonyl (C=O) groups excluding carboxylic acids is 3. The molecule has 3 aliphatic rings. The SMILES string of the molecule is CC1(C)COc2cc(N3C(=O)N(Cc4ccnc5c4CC(=O)N5)C(C)(C)C3=O)c(Br)cc21. The second-order valence-corrected chi connectivity index (χ2v) is 10.4. The highest BCUT2D eigenvalue weighted by Crippen LogP contribution is 2.46. The van der Waals surface area contributed by atoms with Gasteiger partial charge >= 0.3 is 6.03 Å². The number of pyridine rings is 1. The van der Waals surface area contributed by atoms with Gasteiger partial charge in [0, 0.05) is 39.8 Å². The number of urea groups is 1. The van der Waals surface area contributed by atoms with Crippen LogP contribution in [0.4, 0.5) is 16.3 Å². The number of anilines is 2. The number of hydrogen-bond acceptors (Lipinski definition) is 5. The van der Waals surface area contributed by atoms with Crippen LogP contribution in [0.5, 0.6) is 5.75 Å². The highest BCUT2D eigenvalue weighted by molar-refractivity contribution is 9.10. The molecule has 4 heterocycles. The summed E-state index contributed by atoms with van der Waals surface area (Å²) in [5, 5.41) is 2.72. The summed E-state index contributed by atoms with van der Waals surface area (Å²) in [6.45, 7) is 8.39. The van der Waals surface area contributed by atoms with Crippen LogP contribution in [0, 0.1) is 0 Å². The smallest absolute Gasteiger partial charge is 0.332 e. The Labute approximate surface area is 194 Å². The maximum absolute atomic E-state index is 13.6. The molecule has 0 saturated carbocycles. The zero-order chi connectivity index (χ0) is 23.0. The van der Waals surface area contributed by atoms with Crippen LogP contribution in [-0.4, -0.2) is 39.9 Å². The summed E-state index contributed by atoms with van der Waals surface area (Å²) in [5.41, 5.74) is 1.84. The van der Waals surface area contributed by atoms with Gasteiger partial charge < -0.3 is 15.0 Å². The minimum absolute atomic E-state index is 0.130. The molecule has 0 radical (unpaired) electrons. The zero-order valence-corrected chi connectivity index (χ0v) is 19.9. The molecule has 8 nitrogen and oxygen atoms in total. The summed E-state index contributed by atoms with van der Waals surface area (Å²) < 4.78 is 6.51. The largest absolute Gasteiger partial charge is 0.492 e. The highest BCUT2D eigenvalue weighted by atomic mass is 79.9. The van der Waals surface area contributed by atoms with Crippen molar-refractivity contribution in [1.29, 1.82) is 0 Å². The van der Waals surface area contributed by atoms with Crippen molar-refractivity contribution < 1.29 is 19.1 Å². The predicted molar refractivity (Wildman–Crippen MR) is 122 cm³/mol. The van der Waals surface area contributed by atoms with Crippen LogP contribution in [0.1, 0.15) is 44.4 Å². The maximum Gasteiger partial charge on any atom is 0.332 e. The lowest BCUT2D eigenvalue weighted by molar-refractivity contribution is -0.123. The van der Waals surface area contributed by atoms with E-state index in [0.29, 0.717) is 28.3 Å². The van der Waals surface area contributed by atoms with Crippen LogP contribution < -0.4 is 15.0 Å². The average Bonchev–Trinajstić information content (AvgIpc) is 3.29. The second kappa shape index (κ2) is 6.78. The van der Waals surface area contributed by atoms with Crippen LogP contribution in [0.15, 0.2) is 28.9 Å². The maximum atomic E-state index is 13.6. The number of imide groups is 1. The first-order valence-corrected chi connectivity index (χ1v) is 11.2. The number of halogens is 1. The van der Waals surface area contributed by atoms with E-state index in [1.807, 2.05) is 6.07 Å². The van der Waals surface area contributed by atoms with Crippen molar-refractivity contribution in [3.05, 3.63) is 45.6 Å². The molecule has 0 unspecified atom stereocenters. The van der Waals surface area contributed by atoms with Crippen LogP contribution in [-0.2, 0) is 28.0 Å². The first kappa shape index (κ1) is 20.9. The fraction of sp³-hybridized carbons (Fsp3) is 0.391. The Balaban J connectivity index is 1.52. The first-order valence-electron chi connectivity index (χ1n) is 10.4. The van der Waals surface area contributed by atoms with E-state index in [1.165, 1.54) is 9.80 Å². The number of hydrogen-bond donors (Lipinski definition) is 1. The van der Waals surface area contributed by atoms with Crippen molar-refractivity contribution in [2.45, 2.75) is 51.6 Å². The third kappa shape index (κ3) is 2.94. The van der Waals surface area contributed by atoms with E-state index in [4.69, 9.17) is 4.74 Å². The Morgan fingerprint density at radius 1 is 1.19 bits per heavy atom. The lowest BCUT2D eigenvalue weighted by Gasteiger charge is -2.28. The monoisotopic (exact) mass is 498 g/mol. The van der Waals surface area contributed by atoms with Crippen LogP contribution in [0.2, 0.25) is 0 Å². The Bertz CT molecular complexity index is 1210. The van der Waals surface area contributed by atoms with Gasteiger partial charge in [0.15, 0.2) is 0 Å². The third-order valence-electron chi connectivity index (χ3n) is 6.51. The quantitative estimate of drug-likeness (QED) is 0.650. The molecule has 1 aromatic heterocycles. The number of aromatic nitrogens is 1. The predicted octanol–water partition coefficient (Wildman–Crippen LogP) is 3.76. The van der Waals surface area contributed by atoms with Gasteiger partial charge in [-0.2, -0.15) is 0 Å². The Morgan fingerprint density at radius 3 is 2.69 bits per heavy atom. The van der Waals surface area contributed by atoms with Crippen LogP contribution >= 0.6 is 15.9 Å². The van der Waals surface area contributed by atoms with Crippen molar-refractivity contribution in [3.63, 3.8) is 0 Å². The molecule has 0 spiro atoms. The minimum Gasteiger partial charge on any atom is -0.492 e. The molecule has 5 rings (SSSR count). The first-order chi connectivity index (χ1) is 15.0. The topological polar surface area (TPSA) is 91.8 Å². The number of nitrogens with one attached hydrogen (secondary N) is 1. The normalized spacial score (nSPS) is 20.3. The lowest BCUT2D eigenvalue weighted by atomic mass is 9.87. The van der Waals surface area contributed by atoms with E-state index in [1.54, 1.807) is 32.2 Å². The van der Waals surface area contributed by atoms with E-state index in [0.717, 1.165) is 16.7 Å². The van der Waals surface area contributed by atoms with Gasteiger partial charge in [-0.25, -0.2) is 14.7 Å². The molecule has 3 aliphatic heterocycles. The molecule has 0 atom stereocenters. The fourth-order valence-electron chi connectivity index (χ4n) is 4.50. The second-order valence-electron chi connectivity index (χ2n) is 9.56. The van der Waals surface area contributed by atoms with E-state index in [2.05, 4.69) is 40.1 Å². The van der Waals surface area contributed by atoms with Gasteiger partial charge in [-0.1, -0.05) is 13.8 Å². The van der Waals surface area contributed by atoms with E-state index >= 15 is 0 Å². The molecule has 0 bridgehead atoms. The number of rotatable bonds is 3. The van der Waals surface area contributed by atoms with Gasteiger partial charge in [0.2, 0.25) is 5.91 Å². The van der Waals surface area contributed by atoms with Crippen molar-refractivity contribution in [2.75, 3.05) is 16.8 Å². The van der Waals surface area contributed by atoms with Gasteiger partial charge in [0.1, 0.15) is 17.1 Å². The van der Waals surface area contributed by atoms with Gasteiger partial charge in [0.25, 0.3) is 5.91 Å². The molecule has 2 aromatic rings. The summed E-state index contributed by atoms with van der Waals surface area (Å²) in [6, 6.07) is 5.06. The summed E-state index contributed by atoms with van der Waals surface area (Å²) in [7, 11) is 0. The van der Waals surface area contributed by atoms with E-state index in [9.17, 15) is 14.4 Å². The molecule has 1 saturated heterocycles. The molecule has 1 fully saturated rings. The lowest BCUT2D eigenvalue weighted by Crippen LogP contribution is -2.43. The third-order valence-corrected chi connectivity index (χ3v) is 7.14. The molecular formula is C23H23BrN4O4. The van der Waals surface area contributed by atoms with Crippen LogP contribution in [0.3, 0.4) is 0 Å². The van der Waals surface area contributed by atoms with Gasteiger partial charge in [0.05, 0.1) is 18.7 Å². The highest BCUT2D eigenvalue weighted by Gasteiger charge is 2.52. The molecule has 1 N–H and O–H groups in total. The average molecular weight is 499 g/mol. The molecule has 4 amide bonds. The molecule has 1 aromatic carbocycles. The van der Waals surface area contributed by atoms with Crippen molar-refractivity contribution >= 4 is 45.3 Å². The Morgan fingerprint density at radius 2 is 1.94 bits per heavy atom. The minimum atomic E-state index is -1.07. The van der Waals surface area contributed by atoms with Crippen molar-refractivity contribution in [2.24, 2.45) is 0 Å². The van der Waals surface area contributed by atoms with Crippen LogP contribution in [0.25, 0.3) is 0 Å². The number of fused-ring (bicyclic) bond motifs is 2. The summed E-state index contributed by atoms with van der Waals surface area (Å²) in [4.78, 5) is 45.8. The molecule has 32 heavy (non-hydrogen) atoms. The summed E-state index contributed by atoms with van der Waals surface area (Å²) >= 11 is 3.56. The zero-order valence-electron chi connectivity index (χ0n) is 18.3. The van der Waals surface area contributed by atoms with E-state index < -0.39 is 11.6 Å². The van der Waals surface area contributed by atoms with Gasteiger partial charge in [-0.05, 0) is 47.5 Å². The standard InChI is InChI=1S/C23H23BrN4O4/c1-22(2)11-32-17-9-16(15(24)8-14(17)22)28-20(30)23(3,4)27(21(28)31)10-12-5-6-25-19-13(12)7-18(29)26-19/h5-6,8-9H,7,10-11H2,1-4H3,(H,25,26,29). The van der Waals surface area contributed by atoms with E-state index in [-0.39, 0.29) is 30.2 Å². The Kier molecular flexibility index (Phi) is 4.43. The number of benzene rings is 1. The number of carbonyl (C=O) groups is 3. The van der Waals surface area contributed by atoms with Crippen molar-refractivity contribution in [3.8, 4) is 5.75 Å². The van der Waals surface area contributed by atoms with Crippen molar-refractivity contribution in [1.82, 2.24) is 9.88 Å². The molecular weight excluding hydrogens is 476 g/mol. The number of amides is 4. The molecule has 9 heteroatoms. The summed E-state index contributed by atoms with van der Waals surface area (Å²) in [6.07, 6.45) is 1.81. The number of ether oxygens (including phenoxy) is 1. The van der Waals surface area contributed by atoms with Gasteiger partial charge in [-0.15, -0.1) is 0 Å². The molecule has 0 aliphatic carbocycles.